The summed E-state index contributed by atoms with van der Waals surface area (Å²) < 4.78 is 25.0. The summed E-state index contributed by atoms with van der Waals surface area (Å²) in [4.78, 5) is 2.58. The van der Waals surface area contributed by atoms with Crippen LogP contribution in [-0.4, -0.2) is 35.7 Å². The number of likely N-dealkylation sites (tertiary alicyclic amines) is 1. The zero-order valence-electron chi connectivity index (χ0n) is 18.7. The average Bonchev–Trinajstić information content (AvgIpc) is 3.38. The smallest absolute Gasteiger partial charge is 0.123 e. The van der Waals surface area contributed by atoms with Gasteiger partial charge in [0.25, 0.3) is 0 Å². The lowest BCUT2D eigenvalue weighted by Gasteiger charge is -2.20. The summed E-state index contributed by atoms with van der Waals surface area (Å²) in [7, 11) is 0. The Morgan fingerprint density at radius 3 is 2.06 bits per heavy atom. The van der Waals surface area contributed by atoms with Crippen molar-refractivity contribution in [1.29, 1.82) is 0 Å². The highest BCUT2D eigenvalue weighted by molar-refractivity contribution is 5.29. The fraction of sp³-hybridized carbons (Fsp3) is 0.357. The van der Waals surface area contributed by atoms with Gasteiger partial charge < -0.3 is 19.5 Å². The van der Waals surface area contributed by atoms with Crippen molar-refractivity contribution in [3.05, 3.63) is 89.7 Å². The van der Waals surface area contributed by atoms with E-state index in [9.17, 15) is 9.50 Å². The molecule has 0 bridgehead atoms. The Labute approximate surface area is 194 Å². The minimum atomic E-state index is -0.225. The molecule has 172 valence electrons. The number of rotatable bonds is 8. The topological polar surface area (TPSA) is 41.9 Å². The van der Waals surface area contributed by atoms with Crippen molar-refractivity contribution in [2.45, 2.75) is 32.0 Å². The Balaban J connectivity index is 1.04. The number of aromatic hydroxyl groups is 1. The van der Waals surface area contributed by atoms with Gasteiger partial charge in [-0.05, 0) is 90.8 Å². The van der Waals surface area contributed by atoms with E-state index in [1.165, 1.54) is 17.7 Å². The largest absolute Gasteiger partial charge is 0.508 e. The van der Waals surface area contributed by atoms with Crippen molar-refractivity contribution in [3.8, 4) is 17.2 Å². The maximum Gasteiger partial charge on any atom is 0.123 e. The third-order valence-corrected chi connectivity index (χ3v) is 6.88. The van der Waals surface area contributed by atoms with Crippen LogP contribution >= 0.6 is 0 Å². The van der Waals surface area contributed by atoms with Gasteiger partial charge in [-0.3, -0.25) is 0 Å². The molecule has 0 spiro atoms. The van der Waals surface area contributed by atoms with Crippen LogP contribution in [0, 0.1) is 17.7 Å². The number of nitrogens with zero attached hydrogens (tertiary/aromatic N) is 1. The molecule has 0 radical (unpaired) electrons. The highest BCUT2D eigenvalue weighted by Gasteiger charge is 2.41. The van der Waals surface area contributed by atoms with Crippen molar-refractivity contribution in [3.63, 3.8) is 0 Å². The lowest BCUT2D eigenvalue weighted by atomic mass is 10.0. The lowest BCUT2D eigenvalue weighted by Crippen LogP contribution is -2.26. The van der Waals surface area contributed by atoms with Gasteiger partial charge in [-0.25, -0.2) is 4.39 Å². The van der Waals surface area contributed by atoms with Crippen molar-refractivity contribution in [1.82, 2.24) is 4.90 Å². The van der Waals surface area contributed by atoms with E-state index in [-0.39, 0.29) is 17.7 Å². The number of fused-ring (bicyclic) bond motifs is 1. The summed E-state index contributed by atoms with van der Waals surface area (Å²) in [5.41, 5.74) is 2.35. The van der Waals surface area contributed by atoms with Crippen LogP contribution in [0.5, 0.6) is 17.2 Å². The Morgan fingerprint density at radius 1 is 0.788 bits per heavy atom. The molecule has 4 nitrogen and oxygen atoms in total. The van der Waals surface area contributed by atoms with Gasteiger partial charge in [0.15, 0.2) is 0 Å². The van der Waals surface area contributed by atoms with Gasteiger partial charge in [-0.1, -0.05) is 24.3 Å². The van der Waals surface area contributed by atoms with E-state index in [0.29, 0.717) is 18.4 Å². The van der Waals surface area contributed by atoms with Crippen LogP contribution in [0.1, 0.15) is 24.0 Å². The number of ether oxygens (including phenoxy) is 2. The molecule has 1 saturated carbocycles. The minimum Gasteiger partial charge on any atom is -0.508 e. The summed E-state index contributed by atoms with van der Waals surface area (Å²) >= 11 is 0. The predicted molar refractivity (Wildman–Crippen MR) is 126 cm³/mol. The normalized spacial score (nSPS) is 22.3. The van der Waals surface area contributed by atoms with Gasteiger partial charge in [-0.2, -0.15) is 0 Å². The van der Waals surface area contributed by atoms with Crippen molar-refractivity contribution >= 4 is 0 Å². The molecular weight excluding hydrogens is 417 g/mol. The molecule has 1 saturated heterocycles. The summed E-state index contributed by atoms with van der Waals surface area (Å²) in [6, 6.07) is 21.8. The van der Waals surface area contributed by atoms with Crippen molar-refractivity contribution in [2.75, 3.05) is 19.6 Å². The summed E-state index contributed by atoms with van der Waals surface area (Å²) in [6.45, 7) is 3.84. The molecule has 33 heavy (non-hydrogen) atoms. The highest BCUT2D eigenvalue weighted by Crippen LogP contribution is 2.39. The lowest BCUT2D eigenvalue weighted by molar-refractivity contribution is 0.186. The molecule has 1 heterocycles. The first-order valence-corrected chi connectivity index (χ1v) is 11.7. The zero-order chi connectivity index (χ0) is 22.6. The predicted octanol–water partition coefficient (Wildman–Crippen LogP) is 5.44. The Morgan fingerprint density at radius 2 is 1.39 bits per heavy atom. The standard InChI is InChI=1S/C28H30FNO3/c29-24-5-11-27(12-6-24)33-28-15-22-17-30(18-23(22)16-28)14-13-20-3-9-26(10-4-20)32-19-21-1-7-25(31)8-2-21/h1-12,22-23,28,31H,13-19H2/t22-,23+,28+. The molecule has 2 fully saturated rings. The van der Waals surface area contributed by atoms with Crippen LogP contribution in [0.4, 0.5) is 4.39 Å². The molecule has 1 aliphatic carbocycles. The minimum absolute atomic E-state index is 0.225. The first-order valence-electron chi connectivity index (χ1n) is 11.7. The second kappa shape index (κ2) is 9.84. The SMILES string of the molecule is Oc1ccc(COc2ccc(CCN3C[C@H]4C[C@H](Oc5ccc(F)cc5)C[C@H]4C3)cc2)cc1. The van der Waals surface area contributed by atoms with E-state index in [4.69, 9.17) is 9.47 Å². The maximum atomic E-state index is 13.1. The van der Waals surface area contributed by atoms with Gasteiger partial charge in [0.1, 0.15) is 29.7 Å². The van der Waals surface area contributed by atoms with Crippen LogP contribution in [0.2, 0.25) is 0 Å². The Bertz CT molecular complexity index is 1020. The molecule has 3 atom stereocenters. The highest BCUT2D eigenvalue weighted by atomic mass is 19.1. The average molecular weight is 448 g/mol. The number of phenols is 1. The van der Waals surface area contributed by atoms with E-state index >= 15 is 0 Å². The van der Waals surface area contributed by atoms with Crippen molar-refractivity contribution < 1.29 is 19.0 Å². The number of phenolic OH excluding ortho intramolecular Hbond substituents is 1. The molecule has 5 heteroatoms. The number of halogens is 1. The van der Waals surface area contributed by atoms with E-state index in [0.717, 1.165) is 56.0 Å². The molecule has 5 rings (SSSR count). The molecule has 3 aromatic rings. The second-order valence-electron chi connectivity index (χ2n) is 9.29. The molecule has 3 aromatic carbocycles. The van der Waals surface area contributed by atoms with Crippen LogP contribution in [0.25, 0.3) is 0 Å². The quantitative estimate of drug-likeness (QED) is 0.499. The van der Waals surface area contributed by atoms with Gasteiger partial charge in [0.2, 0.25) is 0 Å². The Kier molecular flexibility index (Phi) is 6.49. The van der Waals surface area contributed by atoms with E-state index in [2.05, 4.69) is 17.0 Å². The van der Waals surface area contributed by atoms with Crippen LogP contribution in [0.15, 0.2) is 72.8 Å². The van der Waals surface area contributed by atoms with Gasteiger partial charge >= 0.3 is 0 Å². The summed E-state index contributed by atoms with van der Waals surface area (Å²) in [5.74, 6) is 3.07. The van der Waals surface area contributed by atoms with E-state index in [1.54, 1.807) is 24.3 Å². The number of benzene rings is 3. The Hall–Kier alpha value is -3.05. The van der Waals surface area contributed by atoms with Gasteiger partial charge in [0, 0.05) is 19.6 Å². The number of hydrogen-bond donors (Lipinski definition) is 1. The maximum absolute atomic E-state index is 13.1. The fourth-order valence-electron chi connectivity index (χ4n) is 5.12. The van der Waals surface area contributed by atoms with E-state index < -0.39 is 0 Å². The van der Waals surface area contributed by atoms with Gasteiger partial charge in [0.05, 0.1) is 6.10 Å². The van der Waals surface area contributed by atoms with Gasteiger partial charge in [-0.15, -0.1) is 0 Å². The third-order valence-electron chi connectivity index (χ3n) is 6.88. The molecule has 0 amide bonds. The third kappa shape index (κ3) is 5.66. The van der Waals surface area contributed by atoms with Crippen molar-refractivity contribution in [2.24, 2.45) is 11.8 Å². The fourth-order valence-corrected chi connectivity index (χ4v) is 5.12. The summed E-state index contributed by atoms with van der Waals surface area (Å²) in [6.07, 6.45) is 3.46. The summed E-state index contributed by atoms with van der Waals surface area (Å²) in [5, 5.41) is 9.36. The second-order valence-corrected chi connectivity index (χ2v) is 9.29. The van der Waals surface area contributed by atoms with E-state index in [1.807, 2.05) is 24.3 Å². The molecule has 1 aliphatic heterocycles. The molecule has 1 N–H and O–H groups in total. The molecule has 0 unspecified atom stereocenters. The first-order chi connectivity index (χ1) is 16.1. The van der Waals surface area contributed by atoms with Crippen LogP contribution in [-0.2, 0) is 13.0 Å². The monoisotopic (exact) mass is 447 g/mol. The molecule has 2 aliphatic rings. The number of hydrogen-bond acceptors (Lipinski definition) is 4. The molecule has 0 aromatic heterocycles. The molecular formula is C28H30FNO3. The van der Waals surface area contributed by atoms with Crippen LogP contribution in [0.3, 0.4) is 0 Å². The van der Waals surface area contributed by atoms with Crippen LogP contribution < -0.4 is 9.47 Å². The zero-order valence-corrected chi connectivity index (χ0v) is 18.7. The first kappa shape index (κ1) is 21.8.